The number of carbonyl (C=O) groups is 1. The summed E-state index contributed by atoms with van der Waals surface area (Å²) in [6, 6.07) is -0.987. The zero-order valence-electron chi connectivity index (χ0n) is 8.04. The van der Waals surface area contributed by atoms with E-state index < -0.39 is 36.6 Å². The summed E-state index contributed by atoms with van der Waals surface area (Å²) in [6.45, 7) is 2.78. The first kappa shape index (κ1) is 11.4. The van der Waals surface area contributed by atoms with E-state index in [1.54, 1.807) is 0 Å². The summed E-state index contributed by atoms with van der Waals surface area (Å²) in [5.41, 5.74) is 0. The molecule has 0 bridgehead atoms. The summed E-state index contributed by atoms with van der Waals surface area (Å²) in [5.74, 6) is -0.404. The Kier molecular flexibility index (Phi) is 3.43. The molecule has 5 atom stereocenters. The van der Waals surface area contributed by atoms with Crippen molar-refractivity contribution < 1.29 is 24.9 Å². The molecule has 14 heavy (non-hydrogen) atoms. The molecule has 0 spiro atoms. The fourth-order valence-corrected chi connectivity index (χ4v) is 1.44. The summed E-state index contributed by atoms with van der Waals surface area (Å²) in [6.07, 6.45) is -4.30. The first-order valence-corrected chi connectivity index (χ1v) is 4.40. The maximum atomic E-state index is 10.7. The summed E-state index contributed by atoms with van der Waals surface area (Å²) < 4.78 is 4.91. The van der Waals surface area contributed by atoms with Gasteiger partial charge in [0, 0.05) is 6.92 Å². The first-order valence-electron chi connectivity index (χ1n) is 4.40. The third kappa shape index (κ3) is 2.21. The second kappa shape index (κ2) is 4.22. The molecule has 0 radical (unpaired) electrons. The SMILES string of the molecule is CC(=O)N[C@@H]1[C@H](O)[C@@H](O)[C@H](C)O[C@@H]1O. The fraction of sp³-hybridized carbons (Fsp3) is 0.875. The molecule has 0 aromatic carbocycles. The Bertz CT molecular complexity index is 222. The van der Waals surface area contributed by atoms with Crippen LogP contribution >= 0.6 is 0 Å². The molecule has 1 amide bonds. The van der Waals surface area contributed by atoms with Crippen molar-refractivity contribution in [2.75, 3.05) is 0 Å². The Labute approximate surface area is 81.5 Å². The molecule has 0 aromatic heterocycles. The second-order valence-corrected chi connectivity index (χ2v) is 3.44. The molecule has 1 aliphatic rings. The Hall–Kier alpha value is -0.690. The number of nitrogens with one attached hydrogen (secondary N) is 1. The Morgan fingerprint density at radius 2 is 1.86 bits per heavy atom. The van der Waals surface area contributed by atoms with E-state index >= 15 is 0 Å². The van der Waals surface area contributed by atoms with Gasteiger partial charge in [0.1, 0.15) is 18.2 Å². The van der Waals surface area contributed by atoms with E-state index in [0.29, 0.717) is 0 Å². The van der Waals surface area contributed by atoms with Crippen LogP contribution in [0.25, 0.3) is 0 Å². The minimum atomic E-state index is -1.30. The number of rotatable bonds is 1. The molecule has 1 saturated heterocycles. The van der Waals surface area contributed by atoms with Gasteiger partial charge in [-0.2, -0.15) is 0 Å². The Morgan fingerprint density at radius 3 is 2.36 bits per heavy atom. The van der Waals surface area contributed by atoms with Crippen LogP contribution in [0.15, 0.2) is 0 Å². The van der Waals surface area contributed by atoms with Crippen molar-refractivity contribution >= 4 is 5.91 Å². The van der Waals surface area contributed by atoms with Crippen LogP contribution < -0.4 is 5.32 Å². The van der Waals surface area contributed by atoms with E-state index in [1.807, 2.05) is 0 Å². The van der Waals surface area contributed by atoms with E-state index in [4.69, 9.17) is 4.74 Å². The molecular weight excluding hydrogens is 190 g/mol. The fourth-order valence-electron chi connectivity index (χ4n) is 1.44. The molecule has 82 valence electrons. The average Bonchev–Trinajstić information content (AvgIpc) is 2.09. The highest BCUT2D eigenvalue weighted by atomic mass is 16.6. The molecule has 4 N–H and O–H groups in total. The molecule has 1 fully saturated rings. The van der Waals surface area contributed by atoms with Gasteiger partial charge in [0.05, 0.1) is 6.10 Å². The minimum Gasteiger partial charge on any atom is -0.388 e. The lowest BCUT2D eigenvalue weighted by Gasteiger charge is -2.39. The summed E-state index contributed by atoms with van der Waals surface area (Å²) >= 11 is 0. The van der Waals surface area contributed by atoms with Crippen LogP contribution in [-0.2, 0) is 9.53 Å². The number of amides is 1. The molecule has 1 aliphatic heterocycles. The Balaban J connectivity index is 2.68. The predicted molar refractivity (Wildman–Crippen MR) is 46.2 cm³/mol. The lowest BCUT2D eigenvalue weighted by atomic mass is 9.98. The molecule has 6 heteroatoms. The van der Waals surface area contributed by atoms with Crippen LogP contribution in [0.3, 0.4) is 0 Å². The quantitative estimate of drug-likeness (QED) is 0.395. The van der Waals surface area contributed by atoms with Gasteiger partial charge in [-0.05, 0) is 6.92 Å². The van der Waals surface area contributed by atoms with Gasteiger partial charge >= 0.3 is 0 Å². The lowest BCUT2D eigenvalue weighted by molar-refractivity contribution is -0.242. The zero-order valence-corrected chi connectivity index (χ0v) is 8.04. The van der Waals surface area contributed by atoms with E-state index in [9.17, 15) is 20.1 Å². The molecule has 1 heterocycles. The lowest BCUT2D eigenvalue weighted by Crippen LogP contribution is -2.62. The van der Waals surface area contributed by atoms with Crippen LogP contribution in [-0.4, -0.2) is 51.9 Å². The van der Waals surface area contributed by atoms with E-state index in [0.717, 1.165) is 0 Å². The highest BCUT2D eigenvalue weighted by Crippen LogP contribution is 2.19. The van der Waals surface area contributed by atoms with Gasteiger partial charge in [0.25, 0.3) is 0 Å². The predicted octanol–water partition coefficient (Wildman–Crippen LogP) is -2.05. The number of hydrogen-bond donors (Lipinski definition) is 4. The summed E-state index contributed by atoms with van der Waals surface area (Å²) in [4.78, 5) is 10.7. The standard InChI is InChI=1S/C8H15NO5/c1-3-6(11)7(12)5(8(13)14-3)9-4(2)10/h3,5-8,11-13H,1-2H3,(H,9,10)/t3-,5+,6-,7-,8-/m0/s1. The molecule has 0 aliphatic carbocycles. The van der Waals surface area contributed by atoms with Gasteiger partial charge in [-0.15, -0.1) is 0 Å². The van der Waals surface area contributed by atoms with Crippen molar-refractivity contribution in [3.63, 3.8) is 0 Å². The van der Waals surface area contributed by atoms with E-state index in [2.05, 4.69) is 5.32 Å². The number of aliphatic hydroxyl groups excluding tert-OH is 3. The van der Waals surface area contributed by atoms with Crippen LogP contribution in [0.4, 0.5) is 0 Å². The van der Waals surface area contributed by atoms with Crippen molar-refractivity contribution in [1.29, 1.82) is 0 Å². The third-order valence-corrected chi connectivity index (χ3v) is 2.23. The van der Waals surface area contributed by atoms with Crippen LogP contribution in [0.1, 0.15) is 13.8 Å². The van der Waals surface area contributed by atoms with Crippen molar-refractivity contribution in [3.05, 3.63) is 0 Å². The van der Waals surface area contributed by atoms with Gasteiger partial charge in [0.2, 0.25) is 5.91 Å². The average molecular weight is 205 g/mol. The zero-order chi connectivity index (χ0) is 10.9. The van der Waals surface area contributed by atoms with Crippen LogP contribution in [0.2, 0.25) is 0 Å². The molecule has 0 unspecified atom stereocenters. The maximum absolute atomic E-state index is 10.7. The van der Waals surface area contributed by atoms with Crippen LogP contribution in [0.5, 0.6) is 0 Å². The van der Waals surface area contributed by atoms with Crippen molar-refractivity contribution in [3.8, 4) is 0 Å². The topological polar surface area (TPSA) is 99.0 Å². The normalized spacial score (nSPS) is 43.4. The van der Waals surface area contributed by atoms with E-state index in [1.165, 1.54) is 13.8 Å². The van der Waals surface area contributed by atoms with Crippen molar-refractivity contribution in [1.82, 2.24) is 5.32 Å². The van der Waals surface area contributed by atoms with Gasteiger partial charge in [-0.1, -0.05) is 0 Å². The molecular formula is C8H15NO5. The van der Waals surface area contributed by atoms with E-state index in [-0.39, 0.29) is 0 Å². The largest absolute Gasteiger partial charge is 0.388 e. The summed E-state index contributed by atoms with van der Waals surface area (Å²) in [5, 5.41) is 30.6. The monoisotopic (exact) mass is 205 g/mol. The smallest absolute Gasteiger partial charge is 0.217 e. The highest BCUT2D eigenvalue weighted by molar-refractivity contribution is 5.73. The van der Waals surface area contributed by atoms with Crippen molar-refractivity contribution in [2.24, 2.45) is 0 Å². The van der Waals surface area contributed by atoms with Gasteiger partial charge in [-0.25, -0.2) is 0 Å². The molecule has 0 saturated carbocycles. The number of aliphatic hydroxyl groups is 3. The molecule has 1 rings (SSSR count). The van der Waals surface area contributed by atoms with Gasteiger partial charge in [0.15, 0.2) is 6.29 Å². The number of carbonyl (C=O) groups excluding carboxylic acids is 1. The first-order chi connectivity index (χ1) is 6.43. The highest BCUT2D eigenvalue weighted by Gasteiger charge is 2.42. The maximum Gasteiger partial charge on any atom is 0.217 e. The Morgan fingerprint density at radius 1 is 1.29 bits per heavy atom. The molecule has 6 nitrogen and oxygen atoms in total. The van der Waals surface area contributed by atoms with Gasteiger partial charge < -0.3 is 25.4 Å². The second-order valence-electron chi connectivity index (χ2n) is 3.44. The van der Waals surface area contributed by atoms with Gasteiger partial charge in [-0.3, -0.25) is 4.79 Å². The van der Waals surface area contributed by atoms with Crippen LogP contribution in [0, 0.1) is 0 Å². The van der Waals surface area contributed by atoms with Crippen molar-refractivity contribution in [2.45, 2.75) is 44.5 Å². The number of ether oxygens (including phenoxy) is 1. The minimum absolute atomic E-state index is 0.404. The molecule has 0 aromatic rings. The number of hydrogen-bond acceptors (Lipinski definition) is 5. The third-order valence-electron chi connectivity index (χ3n) is 2.23. The summed E-state index contributed by atoms with van der Waals surface area (Å²) in [7, 11) is 0.